The van der Waals surface area contributed by atoms with Gasteiger partial charge in [0, 0.05) is 17.8 Å². The van der Waals surface area contributed by atoms with Crippen LogP contribution in [0.15, 0.2) is 18.2 Å². The number of non-ortho nitro benzene ring substituents is 1. The number of anilines is 1. The van der Waals surface area contributed by atoms with Crippen molar-refractivity contribution in [2.24, 2.45) is 0 Å². The molecule has 1 unspecified atom stereocenters. The fraction of sp³-hybridized carbons (Fsp3) is 0.500. The average molecular weight is 277 g/mol. The number of hydrogen-bond donors (Lipinski definition) is 2. The second-order valence-electron chi connectivity index (χ2n) is 5.10. The van der Waals surface area contributed by atoms with Crippen LogP contribution in [0.2, 0.25) is 0 Å². The summed E-state index contributed by atoms with van der Waals surface area (Å²) in [6.07, 6.45) is 4.12. The summed E-state index contributed by atoms with van der Waals surface area (Å²) < 4.78 is 0. The molecule has 2 N–H and O–H groups in total. The Hall–Kier alpha value is -1.95. The van der Waals surface area contributed by atoms with E-state index in [9.17, 15) is 14.9 Å². The Morgan fingerprint density at radius 1 is 1.40 bits per heavy atom. The van der Waals surface area contributed by atoms with Gasteiger partial charge in [0.15, 0.2) is 0 Å². The molecule has 1 atom stereocenters. The third-order valence-electron chi connectivity index (χ3n) is 3.56. The SMILES string of the molecule is Cc1cc([N+](=O)[O-])ccc1NC(=O)C1CCCCCN1. The molecule has 0 aromatic heterocycles. The number of nitro benzene ring substituents is 1. The largest absolute Gasteiger partial charge is 0.324 e. The summed E-state index contributed by atoms with van der Waals surface area (Å²) in [6, 6.07) is 4.29. The van der Waals surface area contributed by atoms with E-state index in [2.05, 4.69) is 10.6 Å². The molecule has 0 bridgehead atoms. The van der Waals surface area contributed by atoms with Gasteiger partial charge in [0.2, 0.25) is 5.91 Å². The van der Waals surface area contributed by atoms with Gasteiger partial charge in [-0.3, -0.25) is 14.9 Å². The zero-order chi connectivity index (χ0) is 14.5. The van der Waals surface area contributed by atoms with E-state index < -0.39 is 4.92 Å². The lowest BCUT2D eigenvalue weighted by Gasteiger charge is -2.16. The van der Waals surface area contributed by atoms with Crippen molar-refractivity contribution >= 4 is 17.3 Å². The van der Waals surface area contributed by atoms with Gasteiger partial charge in [0.25, 0.3) is 5.69 Å². The minimum atomic E-state index is -0.439. The second-order valence-corrected chi connectivity index (χ2v) is 5.10. The Labute approximate surface area is 117 Å². The van der Waals surface area contributed by atoms with Crippen molar-refractivity contribution in [2.45, 2.75) is 38.6 Å². The molecule has 1 heterocycles. The summed E-state index contributed by atoms with van der Waals surface area (Å²) in [5.74, 6) is -0.0659. The quantitative estimate of drug-likeness (QED) is 0.656. The Morgan fingerprint density at radius 3 is 2.90 bits per heavy atom. The molecule has 6 heteroatoms. The third-order valence-corrected chi connectivity index (χ3v) is 3.56. The molecule has 1 amide bonds. The molecule has 1 aliphatic heterocycles. The number of carbonyl (C=O) groups is 1. The van der Waals surface area contributed by atoms with Gasteiger partial charge < -0.3 is 10.6 Å². The number of amides is 1. The normalized spacial score (nSPS) is 19.1. The monoisotopic (exact) mass is 277 g/mol. The van der Waals surface area contributed by atoms with Crippen LogP contribution in [0.4, 0.5) is 11.4 Å². The number of carbonyl (C=O) groups excluding carboxylic acids is 1. The van der Waals surface area contributed by atoms with Crippen LogP contribution < -0.4 is 10.6 Å². The van der Waals surface area contributed by atoms with Crippen molar-refractivity contribution in [3.05, 3.63) is 33.9 Å². The van der Waals surface area contributed by atoms with Gasteiger partial charge in [-0.25, -0.2) is 0 Å². The third kappa shape index (κ3) is 3.54. The number of aryl methyl sites for hydroxylation is 1. The van der Waals surface area contributed by atoms with Gasteiger partial charge in [-0.05, 0) is 37.9 Å². The summed E-state index contributed by atoms with van der Waals surface area (Å²) >= 11 is 0. The van der Waals surface area contributed by atoms with E-state index in [1.54, 1.807) is 13.0 Å². The van der Waals surface area contributed by atoms with E-state index in [1.807, 2.05) is 0 Å². The number of nitro groups is 1. The van der Waals surface area contributed by atoms with Crippen LogP contribution in [-0.2, 0) is 4.79 Å². The fourth-order valence-electron chi connectivity index (χ4n) is 2.37. The number of rotatable bonds is 3. The number of benzene rings is 1. The first kappa shape index (κ1) is 14.5. The first-order valence-electron chi connectivity index (χ1n) is 6.87. The van der Waals surface area contributed by atoms with Gasteiger partial charge in [-0.2, -0.15) is 0 Å². The Balaban J connectivity index is 2.05. The molecule has 1 saturated heterocycles. The van der Waals surface area contributed by atoms with E-state index in [0.717, 1.165) is 32.2 Å². The number of nitrogens with one attached hydrogen (secondary N) is 2. The molecule has 20 heavy (non-hydrogen) atoms. The average Bonchev–Trinajstić information content (AvgIpc) is 2.69. The van der Waals surface area contributed by atoms with Crippen LogP contribution in [0.5, 0.6) is 0 Å². The summed E-state index contributed by atoms with van der Waals surface area (Å²) in [6.45, 7) is 2.61. The lowest BCUT2D eigenvalue weighted by molar-refractivity contribution is -0.384. The molecule has 1 fully saturated rings. The lowest BCUT2D eigenvalue weighted by Crippen LogP contribution is -2.39. The van der Waals surface area contributed by atoms with Gasteiger partial charge in [-0.15, -0.1) is 0 Å². The molecular formula is C14H19N3O3. The van der Waals surface area contributed by atoms with Gasteiger partial charge >= 0.3 is 0 Å². The smallest absolute Gasteiger partial charge is 0.269 e. The zero-order valence-corrected chi connectivity index (χ0v) is 11.5. The van der Waals surface area contributed by atoms with E-state index in [-0.39, 0.29) is 17.6 Å². The van der Waals surface area contributed by atoms with Gasteiger partial charge in [-0.1, -0.05) is 12.8 Å². The van der Waals surface area contributed by atoms with Crippen molar-refractivity contribution in [2.75, 3.05) is 11.9 Å². The Kier molecular flexibility index (Phi) is 4.68. The molecular weight excluding hydrogens is 258 g/mol. The van der Waals surface area contributed by atoms with E-state index >= 15 is 0 Å². The van der Waals surface area contributed by atoms with Crippen LogP contribution in [0, 0.1) is 17.0 Å². The van der Waals surface area contributed by atoms with Crippen molar-refractivity contribution in [1.82, 2.24) is 5.32 Å². The van der Waals surface area contributed by atoms with Gasteiger partial charge in [0.1, 0.15) is 0 Å². The molecule has 1 aromatic rings. The van der Waals surface area contributed by atoms with E-state index in [1.165, 1.54) is 12.1 Å². The van der Waals surface area contributed by atoms with Crippen LogP contribution >= 0.6 is 0 Å². The van der Waals surface area contributed by atoms with Crippen molar-refractivity contribution in [3.8, 4) is 0 Å². The lowest BCUT2D eigenvalue weighted by atomic mass is 10.1. The molecule has 108 valence electrons. The highest BCUT2D eigenvalue weighted by atomic mass is 16.6. The summed E-state index contributed by atoms with van der Waals surface area (Å²) in [5.41, 5.74) is 1.36. The first-order valence-corrected chi connectivity index (χ1v) is 6.87. The molecule has 0 spiro atoms. The maximum absolute atomic E-state index is 12.2. The predicted octanol–water partition coefficient (Wildman–Crippen LogP) is 2.37. The van der Waals surface area contributed by atoms with E-state index in [0.29, 0.717) is 11.3 Å². The van der Waals surface area contributed by atoms with Crippen molar-refractivity contribution < 1.29 is 9.72 Å². The molecule has 6 nitrogen and oxygen atoms in total. The standard InChI is InChI=1S/C14H19N3O3/c1-10-9-11(17(19)20)6-7-12(10)16-14(18)13-5-3-2-4-8-15-13/h6-7,9,13,15H,2-5,8H2,1H3,(H,16,18). The second kappa shape index (κ2) is 6.47. The van der Waals surface area contributed by atoms with Crippen LogP contribution in [0.3, 0.4) is 0 Å². The molecule has 2 rings (SSSR count). The van der Waals surface area contributed by atoms with E-state index in [4.69, 9.17) is 0 Å². The summed E-state index contributed by atoms with van der Waals surface area (Å²) in [7, 11) is 0. The van der Waals surface area contributed by atoms with Crippen LogP contribution in [0.1, 0.15) is 31.2 Å². The highest BCUT2D eigenvalue weighted by molar-refractivity contribution is 5.95. The van der Waals surface area contributed by atoms with Gasteiger partial charge in [0.05, 0.1) is 11.0 Å². The van der Waals surface area contributed by atoms with Crippen molar-refractivity contribution in [1.29, 1.82) is 0 Å². The highest BCUT2D eigenvalue weighted by Gasteiger charge is 2.20. The highest BCUT2D eigenvalue weighted by Crippen LogP contribution is 2.21. The van der Waals surface area contributed by atoms with Crippen molar-refractivity contribution in [3.63, 3.8) is 0 Å². The summed E-state index contributed by atoms with van der Waals surface area (Å²) in [4.78, 5) is 22.4. The molecule has 1 aliphatic rings. The zero-order valence-electron chi connectivity index (χ0n) is 11.5. The maximum Gasteiger partial charge on any atom is 0.269 e. The van der Waals surface area contributed by atoms with Crippen LogP contribution in [-0.4, -0.2) is 23.4 Å². The number of hydrogen-bond acceptors (Lipinski definition) is 4. The topological polar surface area (TPSA) is 84.3 Å². The number of nitrogens with zero attached hydrogens (tertiary/aromatic N) is 1. The van der Waals surface area contributed by atoms with Crippen LogP contribution in [0.25, 0.3) is 0 Å². The minimum absolute atomic E-state index is 0.0353. The summed E-state index contributed by atoms with van der Waals surface area (Å²) in [5, 5.41) is 16.8. The molecule has 1 aromatic carbocycles. The molecule has 0 aliphatic carbocycles. The first-order chi connectivity index (χ1) is 9.58. The molecule has 0 radical (unpaired) electrons. The Morgan fingerprint density at radius 2 is 2.20 bits per heavy atom. The predicted molar refractivity (Wildman–Crippen MR) is 76.7 cm³/mol. The minimum Gasteiger partial charge on any atom is -0.324 e. The molecule has 0 saturated carbocycles. The maximum atomic E-state index is 12.2. The fourth-order valence-corrected chi connectivity index (χ4v) is 2.37. The Bertz CT molecular complexity index is 508.